The lowest BCUT2D eigenvalue weighted by Crippen LogP contribution is -2.07. The lowest BCUT2D eigenvalue weighted by Gasteiger charge is -2.02. The van der Waals surface area contributed by atoms with Crippen LogP contribution in [0.5, 0.6) is 0 Å². The maximum Gasteiger partial charge on any atom is 0.248 e. The number of aryl methyl sites for hydroxylation is 1. The van der Waals surface area contributed by atoms with Crippen molar-refractivity contribution in [2.75, 3.05) is 11.6 Å². The normalized spacial score (nSPS) is 10.7. The van der Waals surface area contributed by atoms with Crippen molar-refractivity contribution in [2.24, 2.45) is 0 Å². The Balaban J connectivity index is 1.98. The van der Waals surface area contributed by atoms with E-state index in [4.69, 9.17) is 0 Å². The third-order valence-electron chi connectivity index (χ3n) is 2.54. The second-order valence-electron chi connectivity index (χ2n) is 4.20. The number of thioether (sulfide) groups is 1. The molecular weight excluding hydrogens is 270 g/mol. The fraction of sp³-hybridized carbons (Fsp3) is 0.133. The molecule has 20 heavy (non-hydrogen) atoms. The molecule has 5 heteroatoms. The first-order chi connectivity index (χ1) is 9.67. The Hall–Kier alpha value is -2.14. The first kappa shape index (κ1) is 14.3. The first-order valence-electron chi connectivity index (χ1n) is 6.09. The Kier molecular flexibility index (Phi) is 4.90. The van der Waals surface area contributed by atoms with Crippen LogP contribution in [0.4, 0.5) is 5.69 Å². The second-order valence-corrected chi connectivity index (χ2v) is 4.97. The average molecular weight is 285 g/mol. The van der Waals surface area contributed by atoms with Crippen LogP contribution in [0.15, 0.2) is 47.9 Å². The van der Waals surface area contributed by atoms with Gasteiger partial charge < -0.3 is 5.32 Å². The van der Waals surface area contributed by atoms with Gasteiger partial charge in [0.1, 0.15) is 0 Å². The summed E-state index contributed by atoms with van der Waals surface area (Å²) in [6.07, 6.45) is 8.46. The van der Waals surface area contributed by atoms with Crippen LogP contribution >= 0.6 is 11.8 Å². The van der Waals surface area contributed by atoms with Gasteiger partial charge in [0.05, 0.1) is 0 Å². The molecule has 1 amide bonds. The van der Waals surface area contributed by atoms with Gasteiger partial charge in [0, 0.05) is 29.7 Å². The fourth-order valence-corrected chi connectivity index (χ4v) is 1.91. The van der Waals surface area contributed by atoms with E-state index in [9.17, 15) is 4.79 Å². The van der Waals surface area contributed by atoms with Crippen molar-refractivity contribution in [3.8, 4) is 0 Å². The third-order valence-corrected chi connectivity index (χ3v) is 3.12. The number of aromatic nitrogens is 2. The molecule has 2 rings (SSSR count). The molecule has 0 aliphatic rings. The molecule has 1 aromatic heterocycles. The standard InChI is InChI=1S/C15H15N3OS/c1-11-4-3-5-13(8-11)18-14(19)7-6-12-9-16-15(20-2)17-10-12/h3-10H,1-2H3,(H,18,19)/b7-6+. The third kappa shape index (κ3) is 4.20. The highest BCUT2D eigenvalue weighted by Gasteiger charge is 1.98. The molecule has 0 bridgehead atoms. The van der Waals surface area contributed by atoms with E-state index in [2.05, 4.69) is 15.3 Å². The molecule has 0 saturated heterocycles. The number of rotatable bonds is 4. The summed E-state index contributed by atoms with van der Waals surface area (Å²) in [5.41, 5.74) is 2.68. The molecule has 0 atom stereocenters. The Morgan fingerprint density at radius 2 is 2.05 bits per heavy atom. The Morgan fingerprint density at radius 3 is 2.70 bits per heavy atom. The van der Waals surface area contributed by atoms with Crippen molar-refractivity contribution < 1.29 is 4.79 Å². The molecule has 0 fully saturated rings. The summed E-state index contributed by atoms with van der Waals surface area (Å²) in [6.45, 7) is 1.98. The molecule has 0 aliphatic heterocycles. The summed E-state index contributed by atoms with van der Waals surface area (Å²) < 4.78 is 0. The molecule has 4 nitrogen and oxygen atoms in total. The van der Waals surface area contributed by atoms with Gasteiger partial charge in [-0.3, -0.25) is 4.79 Å². The van der Waals surface area contributed by atoms with Crippen molar-refractivity contribution in [1.29, 1.82) is 0 Å². The summed E-state index contributed by atoms with van der Waals surface area (Å²) in [5.74, 6) is -0.176. The fourth-order valence-electron chi connectivity index (χ4n) is 1.60. The first-order valence-corrected chi connectivity index (χ1v) is 7.31. The minimum atomic E-state index is -0.176. The molecule has 0 radical (unpaired) electrons. The van der Waals surface area contributed by atoms with Crippen LogP contribution in [0.1, 0.15) is 11.1 Å². The van der Waals surface area contributed by atoms with E-state index < -0.39 is 0 Å². The zero-order valence-corrected chi connectivity index (χ0v) is 12.1. The molecule has 0 spiro atoms. The van der Waals surface area contributed by atoms with Crippen LogP contribution in [0.25, 0.3) is 6.08 Å². The number of hydrogen-bond donors (Lipinski definition) is 1. The number of anilines is 1. The number of nitrogens with zero attached hydrogens (tertiary/aromatic N) is 2. The number of benzene rings is 1. The predicted molar refractivity (Wildman–Crippen MR) is 82.7 cm³/mol. The summed E-state index contributed by atoms with van der Waals surface area (Å²) in [7, 11) is 0. The molecule has 1 heterocycles. The number of amides is 1. The van der Waals surface area contributed by atoms with Gasteiger partial charge in [-0.05, 0) is 37.0 Å². The van der Waals surface area contributed by atoms with Crippen LogP contribution in [0, 0.1) is 6.92 Å². The number of carbonyl (C=O) groups is 1. The van der Waals surface area contributed by atoms with Gasteiger partial charge in [-0.25, -0.2) is 9.97 Å². The minimum absolute atomic E-state index is 0.176. The molecule has 0 aliphatic carbocycles. The summed E-state index contributed by atoms with van der Waals surface area (Å²) in [4.78, 5) is 20.1. The van der Waals surface area contributed by atoms with E-state index in [0.717, 1.165) is 16.8 Å². The zero-order chi connectivity index (χ0) is 14.4. The van der Waals surface area contributed by atoms with E-state index in [1.54, 1.807) is 18.5 Å². The predicted octanol–water partition coefficient (Wildman–Crippen LogP) is 3.16. The molecule has 1 N–H and O–H groups in total. The van der Waals surface area contributed by atoms with Gasteiger partial charge in [-0.15, -0.1) is 0 Å². The van der Waals surface area contributed by atoms with Gasteiger partial charge in [0.15, 0.2) is 5.16 Å². The van der Waals surface area contributed by atoms with E-state index >= 15 is 0 Å². The van der Waals surface area contributed by atoms with Gasteiger partial charge in [0.2, 0.25) is 5.91 Å². The van der Waals surface area contributed by atoms with E-state index in [0.29, 0.717) is 5.16 Å². The Bertz CT molecular complexity index is 623. The van der Waals surface area contributed by atoms with Crippen LogP contribution < -0.4 is 5.32 Å². The van der Waals surface area contributed by atoms with Crippen molar-refractivity contribution in [1.82, 2.24) is 9.97 Å². The maximum absolute atomic E-state index is 11.8. The average Bonchev–Trinajstić information content (AvgIpc) is 2.46. The zero-order valence-electron chi connectivity index (χ0n) is 11.3. The summed E-state index contributed by atoms with van der Waals surface area (Å²) in [5, 5.41) is 3.52. The van der Waals surface area contributed by atoms with Crippen LogP contribution in [0.2, 0.25) is 0 Å². The van der Waals surface area contributed by atoms with Gasteiger partial charge >= 0.3 is 0 Å². The number of carbonyl (C=O) groups excluding carboxylic acids is 1. The largest absolute Gasteiger partial charge is 0.323 e. The van der Waals surface area contributed by atoms with Crippen molar-refractivity contribution in [2.45, 2.75) is 12.1 Å². The molecule has 0 saturated carbocycles. The molecule has 1 aromatic carbocycles. The smallest absolute Gasteiger partial charge is 0.248 e. The van der Waals surface area contributed by atoms with Crippen LogP contribution in [0.3, 0.4) is 0 Å². The Morgan fingerprint density at radius 1 is 1.30 bits per heavy atom. The lowest BCUT2D eigenvalue weighted by atomic mass is 10.2. The molecule has 102 valence electrons. The van der Waals surface area contributed by atoms with Gasteiger partial charge in [-0.2, -0.15) is 0 Å². The monoisotopic (exact) mass is 285 g/mol. The SMILES string of the molecule is CSc1ncc(/C=C/C(=O)Nc2cccc(C)c2)cn1. The molecule has 2 aromatic rings. The van der Waals surface area contributed by atoms with Crippen LogP contribution in [-0.2, 0) is 4.79 Å². The second kappa shape index (κ2) is 6.86. The lowest BCUT2D eigenvalue weighted by molar-refractivity contribution is -0.111. The van der Waals surface area contributed by atoms with Crippen LogP contribution in [-0.4, -0.2) is 22.1 Å². The highest BCUT2D eigenvalue weighted by Crippen LogP contribution is 2.10. The van der Waals surface area contributed by atoms with Gasteiger partial charge in [-0.1, -0.05) is 23.9 Å². The highest BCUT2D eigenvalue weighted by molar-refractivity contribution is 7.98. The summed E-state index contributed by atoms with van der Waals surface area (Å²) >= 11 is 1.48. The van der Waals surface area contributed by atoms with Gasteiger partial charge in [0.25, 0.3) is 0 Å². The highest BCUT2D eigenvalue weighted by atomic mass is 32.2. The summed E-state index contributed by atoms with van der Waals surface area (Å²) in [6, 6.07) is 7.66. The van der Waals surface area contributed by atoms with E-state index in [1.165, 1.54) is 17.8 Å². The van der Waals surface area contributed by atoms with Crippen molar-refractivity contribution >= 4 is 29.4 Å². The topological polar surface area (TPSA) is 54.9 Å². The maximum atomic E-state index is 11.8. The quantitative estimate of drug-likeness (QED) is 0.532. The molecular formula is C15H15N3OS. The van der Waals surface area contributed by atoms with Crippen molar-refractivity contribution in [3.63, 3.8) is 0 Å². The number of nitrogens with one attached hydrogen (secondary N) is 1. The molecule has 0 unspecified atom stereocenters. The van der Waals surface area contributed by atoms with E-state index in [-0.39, 0.29) is 5.91 Å². The Labute approximate surface area is 122 Å². The number of hydrogen-bond acceptors (Lipinski definition) is 4. The van der Waals surface area contributed by atoms with Crippen molar-refractivity contribution in [3.05, 3.63) is 53.9 Å². The minimum Gasteiger partial charge on any atom is -0.323 e. The van der Waals surface area contributed by atoms with E-state index in [1.807, 2.05) is 37.4 Å².